The van der Waals surface area contributed by atoms with E-state index in [0.29, 0.717) is 12.8 Å². The minimum Gasteiger partial charge on any atom is -0.390 e. The molecule has 0 saturated heterocycles. The molecule has 0 spiro atoms. The molecular weight excluding hydrogens is 242 g/mol. The van der Waals surface area contributed by atoms with E-state index >= 15 is 0 Å². The summed E-state index contributed by atoms with van der Waals surface area (Å²) >= 11 is 0. The maximum atomic E-state index is 12.6. The summed E-state index contributed by atoms with van der Waals surface area (Å²) in [4.78, 5) is 14.4. The van der Waals surface area contributed by atoms with Gasteiger partial charge in [-0.05, 0) is 40.5 Å². The van der Waals surface area contributed by atoms with E-state index in [2.05, 4.69) is 0 Å². The molecule has 1 amide bonds. The smallest absolute Gasteiger partial charge is 0.228 e. The highest BCUT2D eigenvalue weighted by atomic mass is 16.3. The Kier molecular flexibility index (Phi) is 5.39. The Balaban J connectivity index is 2.91. The Bertz CT molecular complexity index is 309. The highest BCUT2D eigenvalue weighted by molar-refractivity contribution is 5.80. The largest absolute Gasteiger partial charge is 0.390 e. The first-order chi connectivity index (χ1) is 8.71. The molecule has 0 aromatic carbocycles. The molecule has 0 aromatic heterocycles. The molecule has 0 unspecified atom stereocenters. The normalized spacial score (nSPS) is 29.6. The number of hydrogen-bond donors (Lipinski definition) is 2. The predicted octanol–water partition coefficient (Wildman–Crippen LogP) is 1.93. The first-order valence-corrected chi connectivity index (χ1v) is 7.44. The van der Waals surface area contributed by atoms with Crippen LogP contribution in [0.5, 0.6) is 0 Å². The van der Waals surface area contributed by atoms with Gasteiger partial charge in [0.1, 0.15) is 5.60 Å². The number of rotatable bonds is 4. The van der Waals surface area contributed by atoms with Crippen LogP contribution in [0.3, 0.4) is 0 Å². The first-order valence-electron chi connectivity index (χ1n) is 7.44. The summed E-state index contributed by atoms with van der Waals surface area (Å²) in [6, 6.07) is 0.193. The molecule has 0 bridgehead atoms. The van der Waals surface area contributed by atoms with Crippen LogP contribution in [-0.4, -0.2) is 44.8 Å². The van der Waals surface area contributed by atoms with E-state index in [1.807, 2.05) is 27.7 Å². The number of hydrogen-bond acceptors (Lipinski definition) is 3. The maximum Gasteiger partial charge on any atom is 0.228 e. The number of carbonyl (C=O) groups excluding carboxylic acids is 1. The van der Waals surface area contributed by atoms with Crippen molar-refractivity contribution in [2.24, 2.45) is 5.92 Å². The number of aliphatic hydroxyl groups excluding tert-OH is 1. The number of carbonyl (C=O) groups is 1. The van der Waals surface area contributed by atoms with Gasteiger partial charge in [0.05, 0.1) is 12.0 Å². The van der Waals surface area contributed by atoms with Crippen LogP contribution in [0.4, 0.5) is 0 Å². The maximum absolute atomic E-state index is 12.6. The van der Waals surface area contributed by atoms with Crippen molar-refractivity contribution >= 4 is 5.91 Å². The van der Waals surface area contributed by atoms with Crippen LogP contribution in [0.15, 0.2) is 0 Å². The SMILES string of the molecule is CC(C)N(C(=O)[C@@H](C)[C@]1(O)CCCC[C@H]1O)C(C)C. The predicted molar refractivity (Wildman–Crippen MR) is 75.7 cm³/mol. The van der Waals surface area contributed by atoms with Gasteiger partial charge < -0.3 is 15.1 Å². The highest BCUT2D eigenvalue weighted by Crippen LogP contribution is 2.36. The third-order valence-corrected chi connectivity index (χ3v) is 4.37. The van der Waals surface area contributed by atoms with Gasteiger partial charge in [-0.3, -0.25) is 4.79 Å². The topological polar surface area (TPSA) is 60.8 Å². The Morgan fingerprint density at radius 2 is 1.68 bits per heavy atom. The Hall–Kier alpha value is -0.610. The molecule has 0 aromatic rings. The van der Waals surface area contributed by atoms with Gasteiger partial charge in [0.2, 0.25) is 5.91 Å². The van der Waals surface area contributed by atoms with Crippen LogP contribution in [0.2, 0.25) is 0 Å². The zero-order chi connectivity index (χ0) is 14.8. The molecule has 3 atom stereocenters. The third kappa shape index (κ3) is 3.29. The minimum atomic E-state index is -1.27. The van der Waals surface area contributed by atoms with E-state index in [1.165, 1.54) is 0 Å². The van der Waals surface area contributed by atoms with Gasteiger partial charge in [-0.2, -0.15) is 0 Å². The van der Waals surface area contributed by atoms with Crippen LogP contribution in [-0.2, 0) is 4.79 Å². The molecule has 19 heavy (non-hydrogen) atoms. The van der Waals surface area contributed by atoms with E-state index < -0.39 is 17.6 Å². The van der Waals surface area contributed by atoms with Crippen molar-refractivity contribution in [3.8, 4) is 0 Å². The second kappa shape index (κ2) is 6.23. The van der Waals surface area contributed by atoms with Crippen molar-refractivity contribution in [1.82, 2.24) is 4.90 Å². The molecule has 1 fully saturated rings. The number of nitrogens with zero attached hydrogens (tertiary/aromatic N) is 1. The van der Waals surface area contributed by atoms with E-state index in [-0.39, 0.29) is 18.0 Å². The molecule has 1 aliphatic carbocycles. The molecule has 1 aliphatic rings. The van der Waals surface area contributed by atoms with Gasteiger partial charge >= 0.3 is 0 Å². The average Bonchev–Trinajstić information content (AvgIpc) is 2.31. The van der Waals surface area contributed by atoms with Crippen molar-refractivity contribution in [2.45, 2.75) is 84.1 Å². The Morgan fingerprint density at radius 1 is 1.16 bits per heavy atom. The van der Waals surface area contributed by atoms with Gasteiger partial charge in [-0.1, -0.05) is 19.8 Å². The third-order valence-electron chi connectivity index (χ3n) is 4.37. The summed E-state index contributed by atoms with van der Waals surface area (Å²) < 4.78 is 0. The lowest BCUT2D eigenvalue weighted by Crippen LogP contribution is -2.57. The quantitative estimate of drug-likeness (QED) is 0.821. The summed E-state index contributed by atoms with van der Waals surface area (Å²) in [5.41, 5.74) is -1.27. The van der Waals surface area contributed by atoms with Crippen LogP contribution in [0, 0.1) is 5.92 Å². The fraction of sp³-hybridized carbons (Fsp3) is 0.933. The molecule has 0 aliphatic heterocycles. The number of amides is 1. The lowest BCUT2D eigenvalue weighted by molar-refractivity contribution is -0.166. The van der Waals surface area contributed by atoms with Crippen molar-refractivity contribution < 1.29 is 15.0 Å². The van der Waals surface area contributed by atoms with Crippen molar-refractivity contribution in [3.05, 3.63) is 0 Å². The fourth-order valence-corrected chi connectivity index (χ4v) is 3.21. The average molecular weight is 271 g/mol. The van der Waals surface area contributed by atoms with Crippen molar-refractivity contribution in [3.63, 3.8) is 0 Å². The van der Waals surface area contributed by atoms with Gasteiger partial charge in [0.15, 0.2) is 0 Å². The van der Waals surface area contributed by atoms with Crippen molar-refractivity contribution in [2.75, 3.05) is 0 Å². The highest BCUT2D eigenvalue weighted by Gasteiger charge is 2.47. The van der Waals surface area contributed by atoms with E-state index in [4.69, 9.17) is 0 Å². The van der Waals surface area contributed by atoms with Crippen LogP contribution in [0.1, 0.15) is 60.3 Å². The Labute approximate surface area is 116 Å². The van der Waals surface area contributed by atoms with Crippen LogP contribution < -0.4 is 0 Å². The van der Waals surface area contributed by atoms with Gasteiger partial charge in [-0.25, -0.2) is 0 Å². The zero-order valence-electron chi connectivity index (χ0n) is 12.9. The van der Waals surface area contributed by atoms with Crippen LogP contribution >= 0.6 is 0 Å². The fourth-order valence-electron chi connectivity index (χ4n) is 3.21. The summed E-state index contributed by atoms with van der Waals surface area (Å²) in [5, 5.41) is 20.8. The molecule has 1 saturated carbocycles. The molecule has 1 rings (SSSR count). The molecule has 0 heterocycles. The van der Waals surface area contributed by atoms with Gasteiger partial charge in [0.25, 0.3) is 0 Å². The van der Waals surface area contributed by atoms with E-state index in [9.17, 15) is 15.0 Å². The summed E-state index contributed by atoms with van der Waals surface area (Å²) in [6.07, 6.45) is 2.08. The molecular formula is C15H29NO3. The Morgan fingerprint density at radius 3 is 2.11 bits per heavy atom. The van der Waals surface area contributed by atoms with E-state index in [0.717, 1.165) is 12.8 Å². The molecule has 0 radical (unpaired) electrons. The molecule has 4 heteroatoms. The summed E-state index contributed by atoms with van der Waals surface area (Å²) in [5.74, 6) is -0.624. The second-order valence-electron chi connectivity index (χ2n) is 6.41. The molecule has 4 nitrogen and oxygen atoms in total. The molecule has 2 N–H and O–H groups in total. The summed E-state index contributed by atoms with van der Waals surface area (Å²) in [6.45, 7) is 9.66. The second-order valence-corrected chi connectivity index (χ2v) is 6.41. The number of aliphatic hydroxyl groups is 2. The van der Waals surface area contributed by atoms with Gasteiger partial charge in [-0.15, -0.1) is 0 Å². The minimum absolute atomic E-state index is 0.0616. The van der Waals surface area contributed by atoms with Gasteiger partial charge in [0, 0.05) is 12.1 Å². The zero-order valence-corrected chi connectivity index (χ0v) is 12.9. The van der Waals surface area contributed by atoms with E-state index in [1.54, 1.807) is 11.8 Å². The molecule has 112 valence electrons. The van der Waals surface area contributed by atoms with Crippen LogP contribution in [0.25, 0.3) is 0 Å². The lowest BCUT2D eigenvalue weighted by atomic mass is 9.73. The lowest BCUT2D eigenvalue weighted by Gasteiger charge is -2.43. The first kappa shape index (κ1) is 16.4. The van der Waals surface area contributed by atoms with Crippen molar-refractivity contribution in [1.29, 1.82) is 0 Å². The monoisotopic (exact) mass is 271 g/mol. The standard InChI is InChI=1S/C15H29NO3/c1-10(2)16(11(3)4)14(18)12(5)15(19)9-7-6-8-13(15)17/h10-13,17,19H,6-9H2,1-5H3/t12-,13-,15-/m1/s1. The summed E-state index contributed by atoms with van der Waals surface area (Å²) in [7, 11) is 0.